The fourth-order valence-electron chi connectivity index (χ4n) is 3.98. The van der Waals surface area contributed by atoms with E-state index in [0.29, 0.717) is 29.1 Å². The van der Waals surface area contributed by atoms with Crippen LogP contribution >= 0.6 is 11.8 Å². The number of amides is 1. The number of nitrogens with zero attached hydrogens (tertiary/aromatic N) is 4. The lowest BCUT2D eigenvalue weighted by atomic mass is 9.87. The lowest BCUT2D eigenvalue weighted by Crippen LogP contribution is -2.16. The zero-order valence-electron chi connectivity index (χ0n) is 23.7. The zero-order valence-corrected chi connectivity index (χ0v) is 24.5. The number of carbonyl (C=O) groups is 1. The molecule has 4 rings (SSSR count). The summed E-state index contributed by atoms with van der Waals surface area (Å²) in [5.41, 5.74) is 3.03. The fraction of sp³-hybridized carbons (Fsp3) is 0.300. The summed E-state index contributed by atoms with van der Waals surface area (Å²) >= 11 is 1.17. The molecule has 0 bridgehead atoms. The number of aromatic nitrogens is 3. The largest absolute Gasteiger partial charge is 0.494 e. The SMILES string of the molecule is CCOc1ccc(NC(=O)CSc2nnc(COc3ccc(C(C)(C)C)cc3)n2-c2ccc(C)cc2)c([N+](=O)[O-])c1. The van der Waals surface area contributed by atoms with Crippen LogP contribution in [0.3, 0.4) is 0 Å². The van der Waals surface area contributed by atoms with Gasteiger partial charge in [0.15, 0.2) is 11.0 Å². The van der Waals surface area contributed by atoms with E-state index in [4.69, 9.17) is 9.47 Å². The Morgan fingerprint density at radius 3 is 2.32 bits per heavy atom. The number of benzene rings is 3. The van der Waals surface area contributed by atoms with E-state index in [9.17, 15) is 14.9 Å². The number of hydrogen-bond acceptors (Lipinski definition) is 8. The van der Waals surface area contributed by atoms with Crippen molar-refractivity contribution in [3.05, 3.63) is 93.8 Å². The standard InChI is InChI=1S/C30H33N5O5S/c1-6-39-24-15-16-25(26(17-24)35(37)38)31-28(36)19-41-29-33-32-27(34(29)22-11-7-20(2)8-12-22)18-40-23-13-9-21(10-14-23)30(3,4)5/h7-17H,6,18-19H2,1-5H3,(H,31,36). The third-order valence-electron chi connectivity index (χ3n) is 6.16. The van der Waals surface area contributed by atoms with Crippen LogP contribution in [0.1, 0.15) is 44.6 Å². The van der Waals surface area contributed by atoms with Crippen LogP contribution in [0.4, 0.5) is 11.4 Å². The summed E-state index contributed by atoms with van der Waals surface area (Å²) in [6, 6.07) is 20.2. The van der Waals surface area contributed by atoms with E-state index in [0.717, 1.165) is 11.3 Å². The van der Waals surface area contributed by atoms with E-state index in [1.165, 1.54) is 29.5 Å². The Kier molecular flexibility index (Phi) is 9.28. The second kappa shape index (κ2) is 12.9. The van der Waals surface area contributed by atoms with E-state index in [1.54, 1.807) is 13.0 Å². The van der Waals surface area contributed by atoms with E-state index < -0.39 is 10.8 Å². The van der Waals surface area contributed by atoms with Gasteiger partial charge in [0, 0.05) is 5.69 Å². The molecular weight excluding hydrogens is 542 g/mol. The summed E-state index contributed by atoms with van der Waals surface area (Å²) < 4.78 is 13.2. The van der Waals surface area contributed by atoms with Gasteiger partial charge in [-0.15, -0.1) is 10.2 Å². The topological polar surface area (TPSA) is 121 Å². The molecular formula is C30H33N5O5S. The van der Waals surface area contributed by atoms with Crippen LogP contribution in [-0.2, 0) is 16.8 Å². The Morgan fingerprint density at radius 2 is 1.68 bits per heavy atom. The van der Waals surface area contributed by atoms with Crippen molar-refractivity contribution in [3.8, 4) is 17.2 Å². The Bertz CT molecular complexity index is 1510. The first-order valence-corrected chi connectivity index (χ1v) is 14.1. The number of rotatable bonds is 11. The van der Waals surface area contributed by atoms with E-state index in [-0.39, 0.29) is 29.1 Å². The Morgan fingerprint density at radius 1 is 1.00 bits per heavy atom. The van der Waals surface area contributed by atoms with Gasteiger partial charge in [-0.3, -0.25) is 19.5 Å². The molecule has 0 saturated carbocycles. The maximum absolute atomic E-state index is 12.8. The maximum atomic E-state index is 12.8. The number of carbonyl (C=O) groups excluding carboxylic acids is 1. The molecule has 0 aliphatic rings. The fourth-order valence-corrected chi connectivity index (χ4v) is 4.75. The van der Waals surface area contributed by atoms with E-state index in [1.807, 2.05) is 47.9 Å². The molecule has 1 amide bonds. The van der Waals surface area contributed by atoms with Gasteiger partial charge in [-0.05, 0) is 61.2 Å². The van der Waals surface area contributed by atoms with Gasteiger partial charge in [-0.25, -0.2) is 0 Å². The number of thioether (sulfide) groups is 1. The molecule has 0 radical (unpaired) electrons. The second-order valence-corrected chi connectivity index (χ2v) is 11.3. The van der Waals surface area contributed by atoms with E-state index >= 15 is 0 Å². The summed E-state index contributed by atoms with van der Waals surface area (Å²) in [5.74, 6) is 1.18. The van der Waals surface area contributed by atoms with Crippen molar-refractivity contribution in [2.45, 2.75) is 51.8 Å². The van der Waals surface area contributed by atoms with Crippen molar-refractivity contribution < 1.29 is 19.2 Å². The van der Waals surface area contributed by atoms with Crippen LogP contribution in [0, 0.1) is 17.0 Å². The smallest absolute Gasteiger partial charge is 0.296 e. The van der Waals surface area contributed by atoms with Crippen LogP contribution in [0.25, 0.3) is 5.69 Å². The number of hydrogen-bond donors (Lipinski definition) is 1. The molecule has 3 aromatic carbocycles. The minimum Gasteiger partial charge on any atom is -0.494 e. The van der Waals surface area contributed by atoms with Crippen molar-refractivity contribution in [3.63, 3.8) is 0 Å². The first kappa shape index (κ1) is 29.6. The number of ether oxygens (including phenoxy) is 2. The van der Waals surface area contributed by atoms with Crippen LogP contribution < -0.4 is 14.8 Å². The number of anilines is 1. The molecule has 0 unspecified atom stereocenters. The van der Waals surface area contributed by atoms with Crippen molar-refractivity contribution >= 4 is 29.0 Å². The molecule has 4 aromatic rings. The number of nitrogens with one attached hydrogen (secondary N) is 1. The molecule has 1 heterocycles. The predicted octanol–water partition coefficient (Wildman–Crippen LogP) is 6.49. The first-order valence-electron chi connectivity index (χ1n) is 13.1. The molecule has 11 heteroatoms. The monoisotopic (exact) mass is 575 g/mol. The van der Waals surface area contributed by atoms with Gasteiger partial charge in [-0.2, -0.15) is 0 Å². The van der Waals surface area contributed by atoms with Gasteiger partial charge in [0.05, 0.1) is 23.3 Å². The number of nitro groups is 1. The van der Waals surface area contributed by atoms with E-state index in [2.05, 4.69) is 48.4 Å². The number of nitro benzene ring substituents is 1. The molecule has 41 heavy (non-hydrogen) atoms. The highest BCUT2D eigenvalue weighted by Gasteiger charge is 2.20. The lowest BCUT2D eigenvalue weighted by Gasteiger charge is -2.19. The Balaban J connectivity index is 1.50. The van der Waals surface area contributed by atoms with Crippen LogP contribution in [0.15, 0.2) is 71.9 Å². The quantitative estimate of drug-likeness (QED) is 0.122. The van der Waals surface area contributed by atoms with Crippen LogP contribution in [0.2, 0.25) is 0 Å². The zero-order chi connectivity index (χ0) is 29.6. The van der Waals surface area contributed by atoms with Crippen molar-refractivity contribution in [2.24, 2.45) is 0 Å². The highest BCUT2D eigenvalue weighted by atomic mass is 32.2. The lowest BCUT2D eigenvalue weighted by molar-refractivity contribution is -0.384. The molecule has 0 atom stereocenters. The van der Waals surface area contributed by atoms with Gasteiger partial charge < -0.3 is 14.8 Å². The van der Waals surface area contributed by atoms with Crippen LogP contribution in [0.5, 0.6) is 11.5 Å². The molecule has 1 aromatic heterocycles. The van der Waals surface area contributed by atoms with Gasteiger partial charge in [-0.1, -0.05) is 62.4 Å². The van der Waals surface area contributed by atoms with Crippen LogP contribution in [-0.4, -0.2) is 38.0 Å². The molecule has 0 saturated heterocycles. The summed E-state index contributed by atoms with van der Waals surface area (Å²) in [5, 5.41) is 23.3. The highest BCUT2D eigenvalue weighted by molar-refractivity contribution is 7.99. The summed E-state index contributed by atoms with van der Waals surface area (Å²) in [6.07, 6.45) is 0. The summed E-state index contributed by atoms with van der Waals surface area (Å²) in [6.45, 7) is 10.8. The summed E-state index contributed by atoms with van der Waals surface area (Å²) in [7, 11) is 0. The van der Waals surface area contributed by atoms with Crippen molar-refractivity contribution in [1.82, 2.24) is 14.8 Å². The van der Waals surface area contributed by atoms with Gasteiger partial charge in [0.25, 0.3) is 5.69 Å². The van der Waals surface area contributed by atoms with Crippen molar-refractivity contribution in [2.75, 3.05) is 17.7 Å². The maximum Gasteiger partial charge on any atom is 0.296 e. The minimum atomic E-state index is -0.553. The normalized spacial score (nSPS) is 11.2. The summed E-state index contributed by atoms with van der Waals surface area (Å²) in [4.78, 5) is 23.8. The average Bonchev–Trinajstić information content (AvgIpc) is 3.34. The van der Waals surface area contributed by atoms with Gasteiger partial charge in [0.2, 0.25) is 5.91 Å². The Labute approximate surface area is 243 Å². The minimum absolute atomic E-state index is 0.0382. The first-order chi connectivity index (χ1) is 19.5. The third kappa shape index (κ3) is 7.63. The van der Waals surface area contributed by atoms with Gasteiger partial charge >= 0.3 is 0 Å². The molecule has 1 N–H and O–H groups in total. The van der Waals surface area contributed by atoms with Gasteiger partial charge in [0.1, 0.15) is 23.8 Å². The third-order valence-corrected chi connectivity index (χ3v) is 7.09. The molecule has 214 valence electrons. The second-order valence-electron chi connectivity index (χ2n) is 10.3. The average molecular weight is 576 g/mol. The molecule has 0 aliphatic carbocycles. The predicted molar refractivity (Wildman–Crippen MR) is 159 cm³/mol. The highest BCUT2D eigenvalue weighted by Crippen LogP contribution is 2.30. The van der Waals surface area contributed by atoms with Crippen molar-refractivity contribution in [1.29, 1.82) is 0 Å². The molecule has 0 spiro atoms. The molecule has 0 aliphatic heterocycles. The molecule has 0 fully saturated rings. The Hall–Kier alpha value is -4.38. The molecule has 10 nitrogen and oxygen atoms in total. The number of aryl methyl sites for hydroxylation is 1.